The van der Waals surface area contributed by atoms with Crippen LogP contribution in [0.15, 0.2) is 62.6 Å². The molecule has 1 aliphatic carbocycles. The molecule has 0 spiro atoms. The first-order chi connectivity index (χ1) is 18.6. The number of furan rings is 2. The van der Waals surface area contributed by atoms with Gasteiger partial charge in [-0.2, -0.15) is 0 Å². The number of non-ortho nitro benzene ring substituents is 1. The zero-order valence-corrected chi connectivity index (χ0v) is 23.3. The second-order valence-corrected chi connectivity index (χ2v) is 12.1. The molecule has 1 N–H and O–H groups in total. The lowest BCUT2D eigenvalue weighted by molar-refractivity contribution is -0.384. The highest BCUT2D eigenvalue weighted by Crippen LogP contribution is 2.45. The SMILES string of the molecule is Cc1cc([N+](=O)[O-])ccc1-c1ccc(C=Nc2sc3c(c2C(=O)NCc2ccco2)CC[C@H](C(C)(C)C)C3)o1. The van der Waals surface area contributed by atoms with E-state index in [1.807, 2.05) is 19.1 Å². The number of fused-ring (bicyclic) bond motifs is 1. The van der Waals surface area contributed by atoms with Gasteiger partial charge in [0.25, 0.3) is 11.6 Å². The molecule has 8 nitrogen and oxygen atoms in total. The summed E-state index contributed by atoms with van der Waals surface area (Å²) in [6, 6.07) is 11.9. The first-order valence-corrected chi connectivity index (χ1v) is 13.8. The number of thiophene rings is 1. The molecule has 0 bridgehead atoms. The van der Waals surface area contributed by atoms with Gasteiger partial charge in [-0.15, -0.1) is 11.3 Å². The van der Waals surface area contributed by atoms with Crippen LogP contribution in [0.3, 0.4) is 0 Å². The van der Waals surface area contributed by atoms with Crippen LogP contribution in [0.1, 0.15) is 65.1 Å². The normalized spacial score (nSPS) is 15.4. The van der Waals surface area contributed by atoms with Crippen LogP contribution in [0, 0.1) is 28.4 Å². The van der Waals surface area contributed by atoms with Crippen molar-refractivity contribution in [3.8, 4) is 11.3 Å². The Morgan fingerprint density at radius 2 is 2.08 bits per heavy atom. The van der Waals surface area contributed by atoms with Crippen molar-refractivity contribution in [3.63, 3.8) is 0 Å². The summed E-state index contributed by atoms with van der Waals surface area (Å²) in [5, 5.41) is 14.7. The largest absolute Gasteiger partial charge is 0.467 e. The average molecular weight is 546 g/mol. The smallest absolute Gasteiger partial charge is 0.269 e. The molecule has 0 unspecified atom stereocenters. The van der Waals surface area contributed by atoms with E-state index in [-0.39, 0.29) is 17.0 Å². The number of nitro groups is 1. The molecule has 0 saturated carbocycles. The molecular formula is C30H31N3O5S. The third kappa shape index (κ3) is 5.73. The Morgan fingerprint density at radius 1 is 1.26 bits per heavy atom. The summed E-state index contributed by atoms with van der Waals surface area (Å²) in [7, 11) is 0. The van der Waals surface area contributed by atoms with Crippen LogP contribution in [0.5, 0.6) is 0 Å². The van der Waals surface area contributed by atoms with E-state index in [2.05, 4.69) is 26.1 Å². The highest BCUT2D eigenvalue weighted by atomic mass is 32.1. The van der Waals surface area contributed by atoms with Crippen LogP contribution in [-0.4, -0.2) is 17.0 Å². The minimum Gasteiger partial charge on any atom is -0.467 e. The van der Waals surface area contributed by atoms with Crippen molar-refractivity contribution in [1.82, 2.24) is 5.32 Å². The van der Waals surface area contributed by atoms with Crippen molar-refractivity contribution >= 4 is 34.1 Å². The zero-order valence-electron chi connectivity index (χ0n) is 22.4. The van der Waals surface area contributed by atoms with Crippen molar-refractivity contribution in [2.24, 2.45) is 16.3 Å². The van der Waals surface area contributed by atoms with Crippen molar-refractivity contribution in [2.45, 2.75) is 53.5 Å². The van der Waals surface area contributed by atoms with Crippen LogP contribution >= 0.6 is 11.3 Å². The van der Waals surface area contributed by atoms with Gasteiger partial charge in [-0.05, 0) is 79.0 Å². The van der Waals surface area contributed by atoms with Gasteiger partial charge in [0.05, 0.1) is 29.5 Å². The molecular weight excluding hydrogens is 514 g/mol. The molecule has 1 atom stereocenters. The third-order valence-electron chi connectivity index (χ3n) is 7.32. The van der Waals surface area contributed by atoms with Gasteiger partial charge in [-0.1, -0.05) is 20.8 Å². The van der Waals surface area contributed by atoms with E-state index in [9.17, 15) is 14.9 Å². The van der Waals surface area contributed by atoms with E-state index in [4.69, 9.17) is 13.8 Å². The lowest BCUT2D eigenvalue weighted by Gasteiger charge is -2.33. The first kappa shape index (κ1) is 26.6. The number of benzene rings is 1. The number of rotatable bonds is 7. The quantitative estimate of drug-likeness (QED) is 0.146. The van der Waals surface area contributed by atoms with Crippen LogP contribution in [0.4, 0.5) is 10.7 Å². The van der Waals surface area contributed by atoms with E-state index in [1.54, 1.807) is 42.0 Å². The number of aliphatic imine (C=N–C) groups is 1. The van der Waals surface area contributed by atoms with Crippen LogP contribution in [0.2, 0.25) is 0 Å². The van der Waals surface area contributed by atoms with E-state index >= 15 is 0 Å². The van der Waals surface area contributed by atoms with Crippen LogP contribution < -0.4 is 5.32 Å². The molecule has 3 heterocycles. The Balaban J connectivity index is 1.43. The summed E-state index contributed by atoms with van der Waals surface area (Å²) in [6.07, 6.45) is 6.03. The highest BCUT2D eigenvalue weighted by Gasteiger charge is 2.33. The zero-order chi connectivity index (χ0) is 27.7. The summed E-state index contributed by atoms with van der Waals surface area (Å²) in [4.78, 5) is 30.0. The van der Waals surface area contributed by atoms with E-state index in [0.29, 0.717) is 40.3 Å². The monoisotopic (exact) mass is 545 g/mol. The summed E-state index contributed by atoms with van der Waals surface area (Å²) in [5.41, 5.74) is 3.47. The van der Waals surface area contributed by atoms with Crippen molar-refractivity contribution < 1.29 is 18.6 Å². The molecule has 202 valence electrons. The van der Waals surface area contributed by atoms with Gasteiger partial charge in [0.15, 0.2) is 0 Å². The lowest BCUT2D eigenvalue weighted by Crippen LogP contribution is -2.28. The molecule has 0 saturated heterocycles. The van der Waals surface area contributed by atoms with Gasteiger partial charge >= 0.3 is 0 Å². The molecule has 0 fully saturated rings. The van der Waals surface area contributed by atoms with Crippen LogP contribution in [-0.2, 0) is 19.4 Å². The van der Waals surface area contributed by atoms with E-state index in [1.165, 1.54) is 17.0 Å². The van der Waals surface area contributed by atoms with Gasteiger partial charge < -0.3 is 14.2 Å². The number of amides is 1. The van der Waals surface area contributed by atoms with E-state index < -0.39 is 4.92 Å². The topological polar surface area (TPSA) is 111 Å². The average Bonchev–Trinajstić information content (AvgIpc) is 3.65. The second-order valence-electron chi connectivity index (χ2n) is 11.0. The highest BCUT2D eigenvalue weighted by molar-refractivity contribution is 7.16. The number of hydrogen-bond acceptors (Lipinski definition) is 7. The standard InChI is InChI=1S/C30H31N3O5S/c1-18-14-20(33(35)36)8-11-23(18)25-12-9-22(38-25)17-32-29-27(28(34)31-16-21-6-5-13-37-21)24-10-7-19(30(2,3)4)15-26(24)39-29/h5-6,8-9,11-14,17,19H,7,10,15-16H2,1-4H3,(H,31,34)/t19-/m0/s1. The minimum absolute atomic E-state index is 0.0396. The molecule has 3 aromatic heterocycles. The van der Waals surface area contributed by atoms with Gasteiger partial charge in [-0.25, -0.2) is 4.99 Å². The predicted octanol–water partition coefficient (Wildman–Crippen LogP) is 7.65. The maximum Gasteiger partial charge on any atom is 0.269 e. The number of carbonyl (C=O) groups excluding carboxylic acids is 1. The Morgan fingerprint density at radius 3 is 2.77 bits per heavy atom. The summed E-state index contributed by atoms with van der Waals surface area (Å²) in [6.45, 7) is 8.93. The summed E-state index contributed by atoms with van der Waals surface area (Å²) in [5.74, 6) is 2.20. The van der Waals surface area contributed by atoms with Crippen molar-refractivity contribution in [2.75, 3.05) is 0 Å². The summed E-state index contributed by atoms with van der Waals surface area (Å²) < 4.78 is 11.4. The van der Waals surface area contributed by atoms with Gasteiger partial charge in [0, 0.05) is 22.6 Å². The Bertz CT molecular complexity index is 1540. The predicted molar refractivity (Wildman–Crippen MR) is 152 cm³/mol. The molecule has 0 radical (unpaired) electrons. The lowest BCUT2D eigenvalue weighted by atomic mass is 9.72. The Labute approximate surface area is 230 Å². The van der Waals surface area contributed by atoms with Gasteiger partial charge in [-0.3, -0.25) is 14.9 Å². The van der Waals surface area contributed by atoms with E-state index in [0.717, 1.165) is 36.0 Å². The van der Waals surface area contributed by atoms with Gasteiger partial charge in [0.2, 0.25) is 0 Å². The fourth-order valence-corrected chi connectivity index (χ4v) is 6.30. The Hall–Kier alpha value is -3.98. The second kappa shape index (κ2) is 10.6. The maximum absolute atomic E-state index is 13.4. The van der Waals surface area contributed by atoms with Crippen molar-refractivity contribution in [1.29, 1.82) is 0 Å². The molecule has 1 aromatic carbocycles. The fourth-order valence-electron chi connectivity index (χ4n) is 5.03. The fraction of sp³-hybridized carbons (Fsp3) is 0.333. The number of nitro benzene ring substituents is 1. The number of hydrogen-bond donors (Lipinski definition) is 1. The number of nitrogens with one attached hydrogen (secondary N) is 1. The molecule has 5 rings (SSSR count). The molecule has 39 heavy (non-hydrogen) atoms. The molecule has 1 aliphatic rings. The number of nitrogens with zero attached hydrogens (tertiary/aromatic N) is 2. The molecule has 0 aliphatic heterocycles. The molecule has 1 amide bonds. The summed E-state index contributed by atoms with van der Waals surface area (Å²) >= 11 is 1.57. The maximum atomic E-state index is 13.4. The minimum atomic E-state index is -0.413. The van der Waals surface area contributed by atoms with Gasteiger partial charge in [0.1, 0.15) is 22.3 Å². The van der Waals surface area contributed by atoms with Crippen molar-refractivity contribution in [3.05, 3.63) is 91.9 Å². The first-order valence-electron chi connectivity index (χ1n) is 12.9. The molecule has 4 aromatic rings. The number of carbonyl (C=O) groups is 1. The third-order valence-corrected chi connectivity index (χ3v) is 8.49. The Kier molecular flexibility index (Phi) is 7.27. The van der Waals surface area contributed by atoms with Crippen LogP contribution in [0.25, 0.3) is 11.3 Å². The molecule has 9 heteroatoms. The number of aryl methyl sites for hydroxylation is 1.